The average molecular weight is 372 g/mol. The van der Waals surface area contributed by atoms with E-state index in [9.17, 15) is 4.79 Å². The van der Waals surface area contributed by atoms with Crippen molar-refractivity contribution in [2.45, 2.75) is 44.4 Å². The number of pyridine rings is 1. The predicted octanol–water partition coefficient (Wildman–Crippen LogP) is 3.53. The quantitative estimate of drug-likeness (QED) is 0.477. The van der Waals surface area contributed by atoms with E-state index in [2.05, 4.69) is 28.2 Å². The second kappa shape index (κ2) is 8.43. The third kappa shape index (κ3) is 4.90. The molecule has 0 spiro atoms. The fourth-order valence-corrected chi connectivity index (χ4v) is 3.00. The minimum absolute atomic E-state index is 0.381. The van der Waals surface area contributed by atoms with Crippen LogP contribution >= 0.6 is 11.8 Å². The number of ether oxygens (including phenoxy) is 2. The first-order valence-electron chi connectivity index (χ1n) is 8.19. The summed E-state index contributed by atoms with van der Waals surface area (Å²) in [6.45, 7) is 7.34. The largest absolute Gasteiger partial charge is 0.455 e. The van der Waals surface area contributed by atoms with E-state index in [1.54, 1.807) is 18.7 Å². The molecule has 0 aliphatic rings. The van der Waals surface area contributed by atoms with Gasteiger partial charge < -0.3 is 14.8 Å². The average Bonchev–Trinajstić information content (AvgIpc) is 2.58. The highest BCUT2D eigenvalue weighted by molar-refractivity contribution is 7.98. The second-order valence-electron chi connectivity index (χ2n) is 6.36. The molecule has 0 saturated carbocycles. The molecule has 0 radical (unpaired) electrons. The molecule has 0 saturated heterocycles. The van der Waals surface area contributed by atoms with Crippen LogP contribution in [-0.2, 0) is 9.53 Å². The number of carbonyl (C=O) groups excluding carboxylic acids is 1. The van der Waals surface area contributed by atoms with Crippen molar-refractivity contribution >= 4 is 28.6 Å². The lowest BCUT2D eigenvalue weighted by atomic mass is 10.1. The number of thioether (sulfide) groups is 1. The number of methoxy groups -OCH3 is 1. The predicted molar refractivity (Wildman–Crippen MR) is 105 cm³/mol. The van der Waals surface area contributed by atoms with Crippen LogP contribution in [0, 0.1) is 18.8 Å². The fraction of sp³-hybridized carbons (Fsp3) is 0.400. The van der Waals surface area contributed by atoms with Crippen LogP contribution < -0.4 is 10.1 Å². The molecule has 1 heterocycles. The van der Waals surface area contributed by atoms with Gasteiger partial charge >= 0.3 is 0 Å². The van der Waals surface area contributed by atoms with Crippen LogP contribution in [0.15, 0.2) is 29.3 Å². The first-order valence-corrected chi connectivity index (χ1v) is 9.42. The molecule has 138 valence electrons. The molecule has 1 amide bonds. The van der Waals surface area contributed by atoms with Crippen molar-refractivity contribution in [3.63, 3.8) is 0 Å². The number of aryl methyl sites for hydroxylation is 1. The lowest BCUT2D eigenvalue weighted by molar-refractivity contribution is -0.149. The van der Waals surface area contributed by atoms with Gasteiger partial charge in [0.25, 0.3) is 12.2 Å². The zero-order chi connectivity index (χ0) is 19.3. The number of carbonyl (C=O) groups is 1. The molecule has 1 aromatic heterocycles. The van der Waals surface area contributed by atoms with E-state index in [4.69, 9.17) is 9.47 Å². The van der Waals surface area contributed by atoms with Gasteiger partial charge in [-0.2, -0.15) is 0 Å². The molecule has 5 nitrogen and oxygen atoms in total. The highest BCUT2D eigenvalue weighted by Crippen LogP contribution is 2.27. The van der Waals surface area contributed by atoms with Gasteiger partial charge in [-0.15, -0.1) is 17.7 Å². The molecule has 2 rings (SSSR count). The smallest absolute Gasteiger partial charge is 0.290 e. The standard InChI is InChI=1S/C20H24N2O3S/c1-7-8-20(3,4)22-18(23)19(24-5)25-15-9-13(2)17-14(10-15)11-16(26-6)12-21-17/h9-12,19H,1-6H3,(H,22,23). The number of hydrogen-bond acceptors (Lipinski definition) is 5. The molecule has 6 heteroatoms. The van der Waals surface area contributed by atoms with E-state index in [-0.39, 0.29) is 5.91 Å². The molecule has 1 unspecified atom stereocenters. The van der Waals surface area contributed by atoms with Gasteiger partial charge in [0.1, 0.15) is 5.75 Å². The SMILES string of the molecule is CC#CC(C)(C)NC(=O)C(OC)Oc1cc(C)c2ncc(SC)cc2c1. The Morgan fingerprint density at radius 1 is 1.35 bits per heavy atom. The van der Waals surface area contributed by atoms with Crippen molar-refractivity contribution in [3.05, 3.63) is 30.0 Å². The van der Waals surface area contributed by atoms with Gasteiger partial charge in [0.2, 0.25) is 0 Å². The van der Waals surface area contributed by atoms with Gasteiger partial charge in [0, 0.05) is 23.6 Å². The highest BCUT2D eigenvalue weighted by Gasteiger charge is 2.26. The number of nitrogens with one attached hydrogen (secondary N) is 1. The van der Waals surface area contributed by atoms with E-state index >= 15 is 0 Å². The zero-order valence-corrected chi connectivity index (χ0v) is 16.8. The number of amides is 1. The number of hydrogen-bond donors (Lipinski definition) is 1. The Kier molecular flexibility index (Phi) is 6.52. The van der Waals surface area contributed by atoms with Gasteiger partial charge in [0.15, 0.2) is 0 Å². The van der Waals surface area contributed by atoms with E-state index in [1.165, 1.54) is 7.11 Å². The number of fused-ring (bicyclic) bond motifs is 1. The van der Waals surface area contributed by atoms with Crippen molar-refractivity contribution in [2.24, 2.45) is 0 Å². The minimum Gasteiger partial charge on any atom is -0.455 e. The minimum atomic E-state index is -1.07. The summed E-state index contributed by atoms with van der Waals surface area (Å²) in [5.41, 5.74) is 1.22. The van der Waals surface area contributed by atoms with E-state index in [0.29, 0.717) is 5.75 Å². The maximum absolute atomic E-state index is 12.5. The van der Waals surface area contributed by atoms with Gasteiger partial charge in [-0.3, -0.25) is 9.78 Å². The number of nitrogens with zero attached hydrogens (tertiary/aromatic N) is 1. The third-order valence-corrected chi connectivity index (χ3v) is 4.40. The summed E-state index contributed by atoms with van der Waals surface area (Å²) in [7, 11) is 1.43. The molecule has 0 fully saturated rings. The van der Waals surface area contributed by atoms with Gasteiger partial charge in [0.05, 0.1) is 11.1 Å². The molecule has 0 aliphatic heterocycles. The van der Waals surface area contributed by atoms with Crippen LogP contribution in [0.5, 0.6) is 5.75 Å². The van der Waals surface area contributed by atoms with Crippen molar-refractivity contribution in [2.75, 3.05) is 13.4 Å². The van der Waals surface area contributed by atoms with Crippen LogP contribution in [0.25, 0.3) is 10.9 Å². The summed E-state index contributed by atoms with van der Waals surface area (Å²) in [5.74, 6) is 5.91. The molecule has 1 aromatic carbocycles. The zero-order valence-electron chi connectivity index (χ0n) is 16.0. The lowest BCUT2D eigenvalue weighted by Gasteiger charge is -2.24. The fourth-order valence-electron chi connectivity index (χ4n) is 2.60. The number of aromatic nitrogens is 1. The van der Waals surface area contributed by atoms with Crippen LogP contribution in [0.1, 0.15) is 26.3 Å². The molecular formula is C20H24N2O3S. The van der Waals surface area contributed by atoms with E-state index in [0.717, 1.165) is 21.4 Å². The lowest BCUT2D eigenvalue weighted by Crippen LogP contribution is -2.49. The van der Waals surface area contributed by atoms with Crippen LogP contribution in [0.4, 0.5) is 0 Å². The molecule has 26 heavy (non-hydrogen) atoms. The Hall–Kier alpha value is -2.23. The number of benzene rings is 1. The Morgan fingerprint density at radius 3 is 2.69 bits per heavy atom. The summed E-state index contributed by atoms with van der Waals surface area (Å²) in [5, 5.41) is 3.78. The molecule has 2 aromatic rings. The monoisotopic (exact) mass is 372 g/mol. The van der Waals surface area contributed by atoms with E-state index < -0.39 is 11.8 Å². The molecule has 1 atom stereocenters. The van der Waals surface area contributed by atoms with E-state index in [1.807, 2.05) is 45.4 Å². The Bertz CT molecular complexity index is 868. The normalized spacial score (nSPS) is 12.2. The third-order valence-electron chi connectivity index (χ3n) is 3.70. The summed E-state index contributed by atoms with van der Waals surface area (Å²) in [6, 6.07) is 5.77. The van der Waals surface area contributed by atoms with Crippen molar-refractivity contribution < 1.29 is 14.3 Å². The van der Waals surface area contributed by atoms with Crippen LogP contribution in [-0.4, -0.2) is 36.1 Å². The Morgan fingerprint density at radius 2 is 2.08 bits per heavy atom. The first-order chi connectivity index (χ1) is 12.3. The Balaban J connectivity index is 2.26. The van der Waals surface area contributed by atoms with Crippen LogP contribution in [0.2, 0.25) is 0 Å². The summed E-state index contributed by atoms with van der Waals surface area (Å²) >= 11 is 1.62. The molecule has 0 aliphatic carbocycles. The number of rotatable bonds is 6. The van der Waals surface area contributed by atoms with Crippen molar-refractivity contribution in [3.8, 4) is 17.6 Å². The molecule has 1 N–H and O–H groups in total. The van der Waals surface area contributed by atoms with Crippen molar-refractivity contribution in [1.29, 1.82) is 0 Å². The molecular weight excluding hydrogens is 348 g/mol. The maximum atomic E-state index is 12.5. The first kappa shape index (κ1) is 20.1. The topological polar surface area (TPSA) is 60.5 Å². The van der Waals surface area contributed by atoms with Gasteiger partial charge in [-0.1, -0.05) is 5.92 Å². The van der Waals surface area contributed by atoms with Crippen LogP contribution in [0.3, 0.4) is 0 Å². The van der Waals surface area contributed by atoms with Gasteiger partial charge in [-0.25, -0.2) is 0 Å². The summed E-state index contributed by atoms with van der Waals surface area (Å²) in [4.78, 5) is 18.0. The summed E-state index contributed by atoms with van der Waals surface area (Å²) in [6.07, 6.45) is 2.78. The highest BCUT2D eigenvalue weighted by atomic mass is 32.2. The second-order valence-corrected chi connectivity index (χ2v) is 7.24. The summed E-state index contributed by atoms with van der Waals surface area (Å²) < 4.78 is 11.0. The Labute approximate surface area is 158 Å². The van der Waals surface area contributed by atoms with Crippen molar-refractivity contribution in [1.82, 2.24) is 10.3 Å². The molecule has 0 bridgehead atoms. The maximum Gasteiger partial charge on any atom is 0.290 e. The van der Waals surface area contributed by atoms with Gasteiger partial charge in [-0.05, 0) is 57.7 Å².